The number of pyridine rings is 1. The van der Waals surface area contributed by atoms with Crippen molar-refractivity contribution in [3.8, 4) is 0 Å². The highest BCUT2D eigenvalue weighted by molar-refractivity contribution is 5.98. The molecule has 424 valence electrons. The number of hydrogen-bond donors (Lipinski definition) is 14. The summed E-state index contributed by atoms with van der Waals surface area (Å²) in [5.41, 5.74) is 28.8. The quantitative estimate of drug-likeness (QED) is 0.0234. The van der Waals surface area contributed by atoms with Crippen LogP contribution in [0.1, 0.15) is 145 Å². The third kappa shape index (κ3) is 27.1. The smallest absolute Gasteiger partial charge is 0.243 e. The summed E-state index contributed by atoms with van der Waals surface area (Å²) in [6.07, 6.45) is 3.90. The zero-order chi connectivity index (χ0) is 56.9. The summed E-state index contributed by atoms with van der Waals surface area (Å²) in [6, 6.07) is -4.57. The van der Waals surface area contributed by atoms with Crippen molar-refractivity contribution in [2.24, 2.45) is 63.3 Å². The van der Waals surface area contributed by atoms with Gasteiger partial charge in [0, 0.05) is 32.3 Å². The number of carbonyl (C=O) groups is 8. The van der Waals surface area contributed by atoms with E-state index in [1.54, 1.807) is 26.0 Å². The first-order valence-corrected chi connectivity index (χ1v) is 26.3. The first kappa shape index (κ1) is 66.6. The molecule has 0 spiro atoms. The Morgan fingerprint density at radius 1 is 0.533 bits per heavy atom. The molecular weight excluding hydrogens is 965 g/mol. The molecule has 0 aliphatic rings. The molecule has 0 saturated heterocycles. The highest BCUT2D eigenvalue weighted by Crippen LogP contribution is 2.15. The minimum atomic E-state index is -1.26. The largest absolute Gasteiger partial charge is 0.382 e. The van der Waals surface area contributed by atoms with Gasteiger partial charge in [-0.25, -0.2) is 0 Å². The molecule has 0 fully saturated rings. The molecule has 0 bridgehead atoms. The number of nitrogens with one attached hydrogen (secondary N) is 9. The second-order valence-electron chi connectivity index (χ2n) is 21.1. The molecule has 8 amide bonds. The number of aromatic nitrogens is 1. The van der Waals surface area contributed by atoms with Gasteiger partial charge in [0.05, 0.1) is 0 Å². The van der Waals surface area contributed by atoms with Crippen LogP contribution in [0.15, 0.2) is 23.3 Å². The van der Waals surface area contributed by atoms with E-state index in [0.717, 1.165) is 0 Å². The molecule has 1 aromatic heterocycles. The number of guanidine groups is 1. The van der Waals surface area contributed by atoms with Gasteiger partial charge >= 0.3 is 0 Å². The highest BCUT2D eigenvalue weighted by atomic mass is 16.2. The van der Waals surface area contributed by atoms with Crippen molar-refractivity contribution in [1.29, 1.82) is 5.41 Å². The van der Waals surface area contributed by atoms with Crippen LogP contribution in [0.25, 0.3) is 0 Å². The summed E-state index contributed by atoms with van der Waals surface area (Å²) in [7, 11) is 0. The SMILES string of the molecule is CC(C)C[C@H](NC(=O)[C@H](CC(C)C)NC(=O)[C@H](CC(C)C)NC(=O)[C@@H](CC(C)C)NC(=O)CCN)C(=O)N[C@@H](CCCN=C(N)N)C(=O)N[C@H](C(=O)N[C@@H](CCCCN)C(=O)NCc1ccc(C(=N)N)nc1)C(C)C. The molecule has 0 aliphatic heterocycles. The van der Waals surface area contributed by atoms with Gasteiger partial charge in [-0.1, -0.05) is 75.3 Å². The van der Waals surface area contributed by atoms with Crippen LogP contribution in [0.5, 0.6) is 0 Å². The Hall–Kier alpha value is -6.43. The number of amidine groups is 1. The van der Waals surface area contributed by atoms with Crippen LogP contribution < -0.4 is 71.2 Å². The zero-order valence-electron chi connectivity index (χ0n) is 46.1. The van der Waals surface area contributed by atoms with Crippen LogP contribution in [0, 0.1) is 35.0 Å². The van der Waals surface area contributed by atoms with Gasteiger partial charge in [0.15, 0.2) is 5.96 Å². The van der Waals surface area contributed by atoms with Crippen LogP contribution in [0.4, 0.5) is 0 Å². The van der Waals surface area contributed by atoms with E-state index in [4.69, 9.17) is 34.1 Å². The maximum atomic E-state index is 14.4. The Labute approximate surface area is 443 Å². The maximum absolute atomic E-state index is 14.4. The predicted octanol–water partition coefficient (Wildman–Crippen LogP) is -0.253. The fraction of sp³-hybridized carbons (Fsp3) is 0.706. The number of hydrogen-bond acceptors (Lipinski definition) is 13. The summed E-state index contributed by atoms with van der Waals surface area (Å²) in [5, 5.41) is 29.9. The lowest BCUT2D eigenvalue weighted by molar-refractivity contribution is -0.136. The molecule has 24 nitrogen and oxygen atoms in total. The van der Waals surface area contributed by atoms with Gasteiger partial charge in [-0.3, -0.25) is 53.7 Å². The zero-order valence-corrected chi connectivity index (χ0v) is 46.1. The monoisotopic (exact) mass is 1060 g/mol. The third-order valence-corrected chi connectivity index (χ3v) is 11.7. The van der Waals surface area contributed by atoms with Crippen LogP contribution in [0.3, 0.4) is 0 Å². The van der Waals surface area contributed by atoms with E-state index in [1.165, 1.54) is 6.20 Å². The molecule has 7 atom stereocenters. The molecule has 0 aromatic carbocycles. The molecule has 0 unspecified atom stereocenters. The van der Waals surface area contributed by atoms with Crippen molar-refractivity contribution in [2.75, 3.05) is 19.6 Å². The van der Waals surface area contributed by atoms with Crippen LogP contribution in [-0.2, 0) is 44.9 Å². The van der Waals surface area contributed by atoms with Crippen molar-refractivity contribution < 1.29 is 38.4 Å². The second kappa shape index (κ2) is 34.9. The number of carbonyl (C=O) groups excluding carboxylic acids is 8. The van der Waals surface area contributed by atoms with Crippen molar-refractivity contribution in [3.63, 3.8) is 0 Å². The lowest BCUT2D eigenvalue weighted by Gasteiger charge is -2.30. The number of aliphatic imine (C=N–C) groups is 1. The normalized spacial score (nSPS) is 14.1. The fourth-order valence-electron chi connectivity index (χ4n) is 7.88. The van der Waals surface area contributed by atoms with Crippen LogP contribution in [-0.4, -0.2) is 126 Å². The molecule has 1 heterocycles. The van der Waals surface area contributed by atoms with E-state index in [0.29, 0.717) is 31.4 Å². The van der Waals surface area contributed by atoms with Crippen LogP contribution >= 0.6 is 0 Å². The molecule has 19 N–H and O–H groups in total. The molecule has 75 heavy (non-hydrogen) atoms. The van der Waals surface area contributed by atoms with Crippen molar-refractivity contribution in [1.82, 2.24) is 47.5 Å². The van der Waals surface area contributed by atoms with Gasteiger partial charge in [-0.15, -0.1) is 0 Å². The fourth-order valence-corrected chi connectivity index (χ4v) is 7.88. The third-order valence-electron chi connectivity index (χ3n) is 11.7. The summed E-state index contributed by atoms with van der Waals surface area (Å²) >= 11 is 0. The van der Waals surface area contributed by atoms with E-state index in [-0.39, 0.29) is 106 Å². The van der Waals surface area contributed by atoms with E-state index < -0.39 is 95.5 Å². The van der Waals surface area contributed by atoms with Gasteiger partial charge in [-0.2, -0.15) is 0 Å². The Bertz CT molecular complexity index is 2030. The Morgan fingerprint density at radius 2 is 0.960 bits per heavy atom. The number of amides is 8. The van der Waals surface area contributed by atoms with Gasteiger partial charge in [-0.05, 0) is 106 Å². The number of rotatable bonds is 36. The lowest BCUT2D eigenvalue weighted by atomic mass is 9.97. The van der Waals surface area contributed by atoms with E-state index in [2.05, 4.69) is 52.5 Å². The lowest BCUT2D eigenvalue weighted by Crippen LogP contribution is -2.61. The first-order chi connectivity index (χ1) is 35.2. The Kier molecular flexibility index (Phi) is 31.0. The Morgan fingerprint density at radius 3 is 1.36 bits per heavy atom. The molecule has 0 aliphatic carbocycles. The molecular formula is C51H92N16O8. The van der Waals surface area contributed by atoms with Crippen molar-refractivity contribution >= 4 is 59.1 Å². The van der Waals surface area contributed by atoms with E-state index in [1.807, 2.05) is 55.4 Å². The average molecular weight is 1060 g/mol. The van der Waals surface area contributed by atoms with Gasteiger partial charge in [0.2, 0.25) is 47.3 Å². The van der Waals surface area contributed by atoms with Gasteiger partial charge in [0.1, 0.15) is 53.8 Å². The van der Waals surface area contributed by atoms with Crippen molar-refractivity contribution in [3.05, 3.63) is 29.6 Å². The summed E-state index contributed by atoms with van der Waals surface area (Å²) in [4.78, 5) is 119. The van der Waals surface area contributed by atoms with Crippen molar-refractivity contribution in [2.45, 2.75) is 182 Å². The van der Waals surface area contributed by atoms with Crippen LogP contribution in [0.2, 0.25) is 0 Å². The molecule has 1 rings (SSSR count). The first-order valence-electron chi connectivity index (χ1n) is 26.3. The number of nitrogen functional groups attached to an aromatic ring is 1. The average Bonchev–Trinajstić information content (AvgIpc) is 3.31. The van der Waals surface area contributed by atoms with E-state index >= 15 is 0 Å². The minimum Gasteiger partial charge on any atom is -0.382 e. The standard InChI is InChI=1S/C51H92N16O8/c1-28(2)22-37(61-41(68)18-20-53)46(71)64-39(24-30(5)6)48(73)66-40(25-31(7)8)49(74)65-38(23-29(3)4)47(72)62-36(15-13-21-58-51(56)57)45(70)67-42(32(9)10)50(75)63-35(14-11-12-19-52)44(69)60-27-33-16-17-34(43(54)55)59-26-33/h16-17,26,28-32,35-40,42H,11-15,18-25,27,52-53H2,1-10H3,(H3,54,55)(H,60,69)(H,61,68)(H,62,72)(H,63,75)(H,64,71)(H,65,74)(H,66,73)(H,67,70)(H4,56,57,58)/t35-,36-,37+,38-,39-,40-,42-/m0/s1. The second-order valence-corrected chi connectivity index (χ2v) is 21.1. The summed E-state index contributed by atoms with van der Waals surface area (Å²) in [6.45, 7) is 19.1. The number of nitrogens with zero attached hydrogens (tertiary/aromatic N) is 2. The maximum Gasteiger partial charge on any atom is 0.243 e. The number of unbranched alkanes of at least 4 members (excludes halogenated alkanes) is 1. The van der Waals surface area contributed by atoms with Gasteiger partial charge in [0.25, 0.3) is 0 Å². The number of nitrogens with two attached hydrogens (primary N) is 5. The van der Waals surface area contributed by atoms with Gasteiger partial charge < -0.3 is 71.2 Å². The Balaban J connectivity index is 3.47. The summed E-state index contributed by atoms with van der Waals surface area (Å²) in [5.74, 6) is -5.98. The predicted molar refractivity (Wildman–Crippen MR) is 290 cm³/mol. The molecule has 0 radical (unpaired) electrons. The molecule has 1 aromatic rings. The minimum absolute atomic E-state index is 0.0131. The van der Waals surface area contributed by atoms with E-state index in [9.17, 15) is 38.4 Å². The summed E-state index contributed by atoms with van der Waals surface area (Å²) < 4.78 is 0. The topological polar surface area (TPSA) is 412 Å². The molecule has 0 saturated carbocycles. The highest BCUT2D eigenvalue weighted by Gasteiger charge is 2.35. The molecule has 24 heteroatoms.